The van der Waals surface area contributed by atoms with Gasteiger partial charge in [-0.3, -0.25) is 0 Å². The van der Waals surface area contributed by atoms with Gasteiger partial charge in [0.25, 0.3) is 0 Å². The van der Waals surface area contributed by atoms with Gasteiger partial charge in [0.2, 0.25) is 0 Å². The van der Waals surface area contributed by atoms with Crippen molar-refractivity contribution in [2.45, 2.75) is 0 Å². The van der Waals surface area contributed by atoms with E-state index < -0.39 is 0 Å². The third kappa shape index (κ3) is 1.07. The largest absolute Gasteiger partial charge is 0.450 e. The number of furan rings is 1. The molecule has 16 heavy (non-hydrogen) atoms. The second kappa shape index (κ2) is 3.01. The zero-order valence-electron chi connectivity index (χ0n) is 9.56. The Kier molecular flexibility index (Phi) is 1.74. The predicted octanol–water partition coefficient (Wildman–Crippen LogP) is 2.39. The smallest absolute Gasteiger partial charge is 0.197 e. The molecule has 0 spiro atoms. The molecule has 2 heterocycles. The van der Waals surface area contributed by atoms with Gasteiger partial charge in [0, 0.05) is 26.5 Å². The maximum atomic E-state index is 5.84. The first-order valence-corrected chi connectivity index (χ1v) is 5.20. The fourth-order valence-corrected chi connectivity index (χ4v) is 2.12. The van der Waals surface area contributed by atoms with Gasteiger partial charge in [-0.25, -0.2) is 4.68 Å². The maximum Gasteiger partial charge on any atom is 0.197 e. The first kappa shape index (κ1) is 9.27. The monoisotopic (exact) mass is 215 g/mol. The Morgan fingerprint density at radius 3 is 2.75 bits per heavy atom. The van der Waals surface area contributed by atoms with Gasteiger partial charge in [0.15, 0.2) is 11.4 Å². The van der Waals surface area contributed by atoms with E-state index in [0.717, 1.165) is 27.9 Å². The third-order valence-corrected chi connectivity index (χ3v) is 2.75. The molecule has 0 atom stereocenters. The average molecular weight is 215 g/mol. The van der Waals surface area contributed by atoms with Gasteiger partial charge in [0.1, 0.15) is 11.1 Å². The van der Waals surface area contributed by atoms with E-state index >= 15 is 0 Å². The highest BCUT2D eigenvalue weighted by atomic mass is 16.3. The Labute approximate surface area is 93.1 Å². The molecule has 4 nitrogen and oxygen atoms in total. The van der Waals surface area contributed by atoms with Crippen LogP contribution in [0.15, 0.2) is 28.7 Å². The van der Waals surface area contributed by atoms with Gasteiger partial charge in [-0.1, -0.05) is 12.1 Å². The van der Waals surface area contributed by atoms with Crippen molar-refractivity contribution >= 4 is 27.9 Å². The Balaban J connectivity index is 2.48. The van der Waals surface area contributed by atoms with Crippen LogP contribution in [0.2, 0.25) is 0 Å². The van der Waals surface area contributed by atoms with Crippen molar-refractivity contribution in [2.24, 2.45) is 7.05 Å². The number of nitrogens with zero attached hydrogens (tertiary/aromatic N) is 3. The Hall–Kier alpha value is -1.97. The Bertz CT molecular complexity index is 663. The number of anilines is 1. The molecular formula is C12H13N3O. The standard InChI is InChI=1S/C12H13N3O/c1-14(2)12-11-10(13-15(12)3)8-6-4-5-7-9(8)16-11/h4-7H,1-3H3. The molecule has 0 saturated heterocycles. The number of aromatic nitrogens is 2. The number of benzene rings is 1. The fraction of sp³-hybridized carbons (Fsp3) is 0.250. The number of hydrogen-bond donors (Lipinski definition) is 0. The van der Waals surface area contributed by atoms with Gasteiger partial charge < -0.3 is 9.32 Å². The minimum absolute atomic E-state index is 0.855. The number of rotatable bonds is 1. The molecule has 0 fully saturated rings. The number of hydrogen-bond acceptors (Lipinski definition) is 3. The van der Waals surface area contributed by atoms with Gasteiger partial charge in [-0.15, -0.1) is 0 Å². The highest BCUT2D eigenvalue weighted by molar-refractivity contribution is 6.06. The van der Waals surface area contributed by atoms with Crippen molar-refractivity contribution < 1.29 is 4.42 Å². The predicted molar refractivity (Wildman–Crippen MR) is 64.8 cm³/mol. The SMILES string of the molecule is CN(C)c1c2oc3ccccc3c2nn1C. The van der Waals surface area contributed by atoms with Crippen molar-refractivity contribution in [3.8, 4) is 0 Å². The van der Waals surface area contributed by atoms with Crippen LogP contribution in [0.4, 0.5) is 5.82 Å². The highest BCUT2D eigenvalue weighted by Gasteiger charge is 2.17. The van der Waals surface area contributed by atoms with Gasteiger partial charge in [0.05, 0.1) is 0 Å². The Morgan fingerprint density at radius 2 is 2.00 bits per heavy atom. The molecule has 4 heteroatoms. The number of para-hydroxylation sites is 1. The van der Waals surface area contributed by atoms with E-state index in [0.29, 0.717) is 0 Å². The molecule has 2 aromatic heterocycles. The first-order valence-electron chi connectivity index (χ1n) is 5.20. The minimum atomic E-state index is 0.855. The highest BCUT2D eigenvalue weighted by Crippen LogP contribution is 2.33. The van der Waals surface area contributed by atoms with Gasteiger partial charge >= 0.3 is 0 Å². The second-order valence-corrected chi connectivity index (χ2v) is 4.12. The average Bonchev–Trinajstić information content (AvgIpc) is 2.71. The van der Waals surface area contributed by atoms with E-state index in [1.807, 2.05) is 55.0 Å². The summed E-state index contributed by atoms with van der Waals surface area (Å²) in [7, 11) is 5.91. The van der Waals surface area contributed by atoms with E-state index in [9.17, 15) is 0 Å². The van der Waals surface area contributed by atoms with Crippen LogP contribution in [0, 0.1) is 0 Å². The summed E-state index contributed by atoms with van der Waals surface area (Å²) in [5.74, 6) is 0.992. The molecule has 0 amide bonds. The molecule has 3 rings (SSSR count). The fourth-order valence-electron chi connectivity index (χ4n) is 2.12. The summed E-state index contributed by atoms with van der Waals surface area (Å²) in [6.07, 6.45) is 0. The van der Waals surface area contributed by atoms with Crippen LogP contribution in [0.5, 0.6) is 0 Å². The molecule has 0 radical (unpaired) electrons. The lowest BCUT2D eigenvalue weighted by molar-refractivity contribution is 0.662. The van der Waals surface area contributed by atoms with Gasteiger partial charge in [-0.05, 0) is 12.1 Å². The van der Waals surface area contributed by atoms with Crippen LogP contribution in [0.1, 0.15) is 0 Å². The topological polar surface area (TPSA) is 34.2 Å². The zero-order chi connectivity index (χ0) is 11.3. The lowest BCUT2D eigenvalue weighted by atomic mass is 10.2. The van der Waals surface area contributed by atoms with E-state index in [-0.39, 0.29) is 0 Å². The van der Waals surface area contributed by atoms with Crippen LogP contribution in [-0.2, 0) is 7.05 Å². The number of aryl methyl sites for hydroxylation is 1. The van der Waals surface area contributed by atoms with Crippen LogP contribution in [-0.4, -0.2) is 23.9 Å². The molecular weight excluding hydrogens is 202 g/mol. The summed E-state index contributed by atoms with van der Waals surface area (Å²) in [5.41, 5.74) is 2.68. The van der Waals surface area contributed by atoms with Crippen LogP contribution in [0.3, 0.4) is 0 Å². The lowest BCUT2D eigenvalue weighted by Gasteiger charge is -2.10. The Morgan fingerprint density at radius 1 is 1.25 bits per heavy atom. The van der Waals surface area contributed by atoms with E-state index in [1.165, 1.54) is 0 Å². The van der Waals surface area contributed by atoms with Crippen molar-refractivity contribution in [3.05, 3.63) is 24.3 Å². The van der Waals surface area contributed by atoms with Crippen LogP contribution < -0.4 is 4.90 Å². The van der Waals surface area contributed by atoms with Crippen molar-refractivity contribution in [1.29, 1.82) is 0 Å². The summed E-state index contributed by atoms with van der Waals surface area (Å²) >= 11 is 0. The minimum Gasteiger partial charge on any atom is -0.450 e. The molecule has 1 aromatic carbocycles. The molecule has 0 aliphatic rings. The third-order valence-electron chi connectivity index (χ3n) is 2.75. The summed E-state index contributed by atoms with van der Waals surface area (Å²) in [4.78, 5) is 2.01. The van der Waals surface area contributed by atoms with E-state index in [4.69, 9.17) is 4.42 Å². The normalized spacial score (nSPS) is 11.4. The maximum absolute atomic E-state index is 5.84. The van der Waals surface area contributed by atoms with Crippen LogP contribution in [0.25, 0.3) is 22.1 Å². The second-order valence-electron chi connectivity index (χ2n) is 4.12. The first-order chi connectivity index (χ1) is 7.68. The molecule has 0 bridgehead atoms. The van der Waals surface area contributed by atoms with Crippen LogP contribution >= 0.6 is 0 Å². The van der Waals surface area contributed by atoms with Crippen molar-refractivity contribution in [3.63, 3.8) is 0 Å². The summed E-state index contributed by atoms with van der Waals surface area (Å²) in [6.45, 7) is 0. The molecule has 0 unspecified atom stereocenters. The molecule has 0 aliphatic heterocycles. The molecule has 0 N–H and O–H groups in total. The number of fused-ring (bicyclic) bond motifs is 3. The van der Waals surface area contributed by atoms with Crippen molar-refractivity contribution in [1.82, 2.24) is 9.78 Å². The van der Waals surface area contributed by atoms with Gasteiger partial charge in [-0.2, -0.15) is 5.10 Å². The zero-order valence-corrected chi connectivity index (χ0v) is 9.56. The molecule has 3 aromatic rings. The summed E-state index contributed by atoms with van der Waals surface area (Å²) in [5, 5.41) is 5.57. The molecule has 82 valence electrons. The van der Waals surface area contributed by atoms with E-state index in [1.54, 1.807) is 0 Å². The molecule has 0 saturated carbocycles. The van der Waals surface area contributed by atoms with Crippen molar-refractivity contribution in [2.75, 3.05) is 19.0 Å². The lowest BCUT2D eigenvalue weighted by Crippen LogP contribution is -2.13. The molecule has 0 aliphatic carbocycles. The quantitative estimate of drug-likeness (QED) is 0.625. The summed E-state index contributed by atoms with van der Waals surface area (Å²) < 4.78 is 7.69. The van der Waals surface area contributed by atoms with E-state index in [2.05, 4.69) is 5.10 Å². The summed E-state index contributed by atoms with van der Waals surface area (Å²) in [6, 6.07) is 7.98.